The van der Waals surface area contributed by atoms with Crippen molar-refractivity contribution in [3.05, 3.63) is 23.5 Å². The van der Waals surface area contributed by atoms with Crippen LogP contribution in [0.25, 0.3) is 0 Å². The summed E-state index contributed by atoms with van der Waals surface area (Å²) in [7, 11) is 1.62. The highest BCUT2D eigenvalue weighted by Crippen LogP contribution is 2.15. The van der Waals surface area contributed by atoms with Crippen LogP contribution in [0.3, 0.4) is 0 Å². The smallest absolute Gasteiger partial charge is 0.131 e. The Balaban J connectivity index is 2.44. The third kappa shape index (κ3) is 4.79. The summed E-state index contributed by atoms with van der Waals surface area (Å²) in [5.41, 5.74) is 0.0452. The first-order valence-corrected chi connectivity index (χ1v) is 5.48. The van der Waals surface area contributed by atoms with Gasteiger partial charge in [0, 0.05) is 38.6 Å². The van der Waals surface area contributed by atoms with Crippen molar-refractivity contribution in [2.45, 2.75) is 18.9 Å². The van der Waals surface area contributed by atoms with Crippen LogP contribution in [0.5, 0.6) is 0 Å². The maximum Gasteiger partial charge on any atom is 0.131 e. The van der Waals surface area contributed by atoms with Gasteiger partial charge in [0.25, 0.3) is 0 Å². The highest BCUT2D eigenvalue weighted by molar-refractivity contribution is 6.29. The molecular formula is C11H17ClN2O2. The zero-order valence-electron chi connectivity index (χ0n) is 9.53. The van der Waals surface area contributed by atoms with Crippen molar-refractivity contribution >= 4 is 17.3 Å². The van der Waals surface area contributed by atoms with E-state index in [1.807, 2.05) is 0 Å². The van der Waals surface area contributed by atoms with Gasteiger partial charge in [0.2, 0.25) is 0 Å². The van der Waals surface area contributed by atoms with Crippen molar-refractivity contribution in [2.24, 2.45) is 0 Å². The van der Waals surface area contributed by atoms with Gasteiger partial charge in [-0.1, -0.05) is 11.6 Å². The van der Waals surface area contributed by atoms with E-state index in [0.29, 0.717) is 24.7 Å². The molecule has 0 saturated carbocycles. The summed E-state index contributed by atoms with van der Waals surface area (Å²) in [6, 6.07) is 3.52. The van der Waals surface area contributed by atoms with Gasteiger partial charge in [-0.2, -0.15) is 0 Å². The Morgan fingerprint density at radius 2 is 2.38 bits per heavy atom. The molecule has 1 unspecified atom stereocenters. The molecule has 16 heavy (non-hydrogen) atoms. The van der Waals surface area contributed by atoms with Crippen LogP contribution in [0.2, 0.25) is 5.15 Å². The Kier molecular flexibility index (Phi) is 4.99. The summed E-state index contributed by atoms with van der Waals surface area (Å²) in [6.07, 6.45) is 2.20. The third-order valence-corrected chi connectivity index (χ3v) is 2.45. The van der Waals surface area contributed by atoms with E-state index in [9.17, 15) is 5.11 Å². The van der Waals surface area contributed by atoms with Gasteiger partial charge in [-0.25, -0.2) is 4.98 Å². The number of nitrogens with one attached hydrogen (secondary N) is 1. The number of ether oxygens (including phenoxy) is 1. The normalized spacial score (nSPS) is 14.5. The molecule has 0 radical (unpaired) electrons. The molecule has 2 N–H and O–H groups in total. The summed E-state index contributed by atoms with van der Waals surface area (Å²) in [6.45, 7) is 2.74. The summed E-state index contributed by atoms with van der Waals surface area (Å²) < 4.78 is 4.93. The lowest BCUT2D eigenvalue weighted by atomic mass is 10.0. The Hall–Kier alpha value is -0.840. The van der Waals surface area contributed by atoms with Crippen molar-refractivity contribution in [3.8, 4) is 0 Å². The Morgan fingerprint density at radius 1 is 1.62 bits per heavy atom. The maximum atomic E-state index is 9.99. The minimum absolute atomic E-state index is 0.432. The predicted octanol–water partition coefficient (Wildman–Crippen LogP) is 1.93. The zero-order chi connectivity index (χ0) is 12.0. The minimum atomic E-state index is -0.800. The molecule has 0 bridgehead atoms. The molecule has 4 nitrogen and oxygen atoms in total. The van der Waals surface area contributed by atoms with Crippen LogP contribution in [0, 0.1) is 0 Å². The van der Waals surface area contributed by atoms with Gasteiger partial charge in [0.15, 0.2) is 0 Å². The SMILES string of the molecule is COCCC(C)(O)CNc1ccnc(Cl)c1. The Labute approximate surface area is 101 Å². The van der Waals surface area contributed by atoms with Gasteiger partial charge in [-0.15, -0.1) is 0 Å². The molecule has 0 fully saturated rings. The summed E-state index contributed by atoms with van der Waals surface area (Å²) in [4.78, 5) is 3.88. The topological polar surface area (TPSA) is 54.4 Å². The largest absolute Gasteiger partial charge is 0.388 e. The van der Waals surface area contributed by atoms with Gasteiger partial charge in [-0.3, -0.25) is 0 Å². The second-order valence-corrected chi connectivity index (χ2v) is 4.35. The second kappa shape index (κ2) is 6.03. The average Bonchev–Trinajstić information content (AvgIpc) is 2.24. The van der Waals surface area contributed by atoms with Crippen molar-refractivity contribution < 1.29 is 9.84 Å². The van der Waals surface area contributed by atoms with Crippen LogP contribution in [0.1, 0.15) is 13.3 Å². The fourth-order valence-corrected chi connectivity index (χ4v) is 1.39. The number of methoxy groups -OCH3 is 1. The molecule has 0 aliphatic rings. The lowest BCUT2D eigenvalue weighted by Gasteiger charge is -2.23. The maximum absolute atomic E-state index is 9.99. The molecule has 0 aliphatic carbocycles. The van der Waals surface area contributed by atoms with Gasteiger partial charge < -0.3 is 15.2 Å². The van der Waals surface area contributed by atoms with E-state index in [0.717, 1.165) is 5.69 Å². The van der Waals surface area contributed by atoms with E-state index < -0.39 is 5.60 Å². The lowest BCUT2D eigenvalue weighted by Crippen LogP contribution is -2.34. The van der Waals surface area contributed by atoms with E-state index in [-0.39, 0.29) is 0 Å². The molecule has 0 spiro atoms. The summed E-state index contributed by atoms with van der Waals surface area (Å²) >= 11 is 5.74. The molecule has 0 saturated heterocycles. The van der Waals surface area contributed by atoms with E-state index in [4.69, 9.17) is 16.3 Å². The molecule has 1 rings (SSSR count). The minimum Gasteiger partial charge on any atom is -0.388 e. The highest BCUT2D eigenvalue weighted by Gasteiger charge is 2.19. The number of hydrogen-bond acceptors (Lipinski definition) is 4. The van der Waals surface area contributed by atoms with Crippen LogP contribution >= 0.6 is 11.6 Å². The monoisotopic (exact) mass is 244 g/mol. The summed E-state index contributed by atoms with van der Waals surface area (Å²) in [5, 5.41) is 13.5. The van der Waals surface area contributed by atoms with Crippen molar-refractivity contribution in [1.29, 1.82) is 0 Å². The quantitative estimate of drug-likeness (QED) is 0.751. The molecule has 1 aromatic rings. The number of nitrogens with zero attached hydrogens (tertiary/aromatic N) is 1. The van der Waals surface area contributed by atoms with Crippen molar-refractivity contribution in [1.82, 2.24) is 4.98 Å². The second-order valence-electron chi connectivity index (χ2n) is 3.96. The molecule has 1 aromatic heterocycles. The number of anilines is 1. The van der Waals surface area contributed by atoms with Gasteiger partial charge in [-0.05, 0) is 19.1 Å². The standard InChI is InChI=1S/C11H17ClN2O2/c1-11(15,4-6-16-2)8-14-9-3-5-13-10(12)7-9/h3,5,7,15H,4,6,8H2,1-2H3,(H,13,14). The molecule has 1 atom stereocenters. The highest BCUT2D eigenvalue weighted by atomic mass is 35.5. The van der Waals surface area contributed by atoms with Crippen LogP contribution < -0.4 is 5.32 Å². The average molecular weight is 245 g/mol. The molecule has 0 amide bonds. The first kappa shape index (κ1) is 13.2. The van der Waals surface area contributed by atoms with Crippen molar-refractivity contribution in [3.63, 3.8) is 0 Å². The number of halogens is 1. The van der Waals surface area contributed by atoms with Crippen LogP contribution in [-0.2, 0) is 4.74 Å². The van der Waals surface area contributed by atoms with E-state index in [1.54, 1.807) is 32.4 Å². The molecule has 90 valence electrons. The fourth-order valence-electron chi connectivity index (χ4n) is 1.22. The van der Waals surface area contributed by atoms with Gasteiger partial charge >= 0.3 is 0 Å². The first-order valence-electron chi connectivity index (χ1n) is 5.10. The van der Waals surface area contributed by atoms with Gasteiger partial charge in [0.1, 0.15) is 5.15 Å². The molecular weight excluding hydrogens is 228 g/mol. The van der Waals surface area contributed by atoms with E-state index in [1.165, 1.54) is 0 Å². The number of pyridine rings is 1. The molecule has 0 aliphatic heterocycles. The zero-order valence-corrected chi connectivity index (χ0v) is 10.3. The molecule has 0 aromatic carbocycles. The van der Waals surface area contributed by atoms with Crippen LogP contribution in [0.4, 0.5) is 5.69 Å². The third-order valence-electron chi connectivity index (χ3n) is 2.24. The van der Waals surface area contributed by atoms with E-state index >= 15 is 0 Å². The fraction of sp³-hybridized carbons (Fsp3) is 0.545. The van der Waals surface area contributed by atoms with Crippen LogP contribution in [0.15, 0.2) is 18.3 Å². The summed E-state index contributed by atoms with van der Waals surface area (Å²) in [5.74, 6) is 0. The van der Waals surface area contributed by atoms with Gasteiger partial charge in [0.05, 0.1) is 5.60 Å². The van der Waals surface area contributed by atoms with Crippen molar-refractivity contribution in [2.75, 3.05) is 25.6 Å². The van der Waals surface area contributed by atoms with Crippen LogP contribution in [-0.4, -0.2) is 36.0 Å². The number of hydrogen-bond donors (Lipinski definition) is 2. The number of aliphatic hydroxyl groups is 1. The van der Waals surface area contributed by atoms with E-state index in [2.05, 4.69) is 10.3 Å². The lowest BCUT2D eigenvalue weighted by molar-refractivity contribution is 0.0357. The molecule has 5 heteroatoms. The number of aromatic nitrogens is 1. The number of rotatable bonds is 6. The Bertz CT molecular complexity index is 332. The molecule has 1 heterocycles. The first-order chi connectivity index (χ1) is 7.53. The Morgan fingerprint density at radius 3 is 3.00 bits per heavy atom. The predicted molar refractivity (Wildman–Crippen MR) is 64.9 cm³/mol.